The molecule has 0 aliphatic rings. The van der Waals surface area contributed by atoms with Crippen LogP contribution >= 0.6 is 0 Å². The van der Waals surface area contributed by atoms with Gasteiger partial charge in [-0.1, -0.05) is 0 Å². The number of aromatic nitrogens is 2. The summed E-state index contributed by atoms with van der Waals surface area (Å²) in [6.45, 7) is 2.25. The molecule has 0 radical (unpaired) electrons. The summed E-state index contributed by atoms with van der Waals surface area (Å²) in [5.74, 6) is -0.304. The summed E-state index contributed by atoms with van der Waals surface area (Å²) >= 11 is 0. The SMILES string of the molecule is CCNc1ncnc(Oc2ccc(C(=O)OC)cc2)c1[N+](=O)[O-]. The second kappa shape index (κ2) is 7.16. The van der Waals surface area contributed by atoms with Gasteiger partial charge in [-0.15, -0.1) is 0 Å². The molecule has 0 aliphatic carbocycles. The van der Waals surface area contributed by atoms with Gasteiger partial charge in [0, 0.05) is 6.54 Å². The van der Waals surface area contributed by atoms with Crippen LogP contribution in [0.25, 0.3) is 0 Å². The maximum Gasteiger partial charge on any atom is 0.373 e. The van der Waals surface area contributed by atoms with Gasteiger partial charge in [0.1, 0.15) is 12.1 Å². The van der Waals surface area contributed by atoms with Crippen molar-refractivity contribution < 1.29 is 19.2 Å². The van der Waals surface area contributed by atoms with Crippen molar-refractivity contribution >= 4 is 17.5 Å². The quantitative estimate of drug-likeness (QED) is 0.490. The van der Waals surface area contributed by atoms with Gasteiger partial charge in [0.15, 0.2) is 0 Å². The van der Waals surface area contributed by atoms with E-state index in [1.54, 1.807) is 6.92 Å². The molecule has 0 amide bonds. The lowest BCUT2D eigenvalue weighted by Gasteiger charge is -2.08. The zero-order chi connectivity index (χ0) is 16.8. The van der Waals surface area contributed by atoms with Gasteiger partial charge in [-0.25, -0.2) is 9.78 Å². The van der Waals surface area contributed by atoms with E-state index >= 15 is 0 Å². The molecular weight excluding hydrogens is 304 g/mol. The van der Waals surface area contributed by atoms with Crippen LogP contribution in [0.1, 0.15) is 17.3 Å². The summed E-state index contributed by atoms with van der Waals surface area (Å²) in [5.41, 5.74) is -0.0169. The minimum Gasteiger partial charge on any atom is -0.465 e. The lowest BCUT2D eigenvalue weighted by atomic mass is 10.2. The minimum absolute atomic E-state index is 0.0775. The number of nitrogens with one attached hydrogen (secondary N) is 1. The topological polar surface area (TPSA) is 116 Å². The fraction of sp³-hybridized carbons (Fsp3) is 0.214. The van der Waals surface area contributed by atoms with Crippen molar-refractivity contribution in [2.45, 2.75) is 6.92 Å². The van der Waals surface area contributed by atoms with Gasteiger partial charge in [-0.2, -0.15) is 4.98 Å². The van der Waals surface area contributed by atoms with E-state index in [0.717, 1.165) is 0 Å². The Morgan fingerprint density at radius 3 is 2.57 bits per heavy atom. The third kappa shape index (κ3) is 3.70. The van der Waals surface area contributed by atoms with E-state index in [1.807, 2.05) is 0 Å². The molecule has 0 atom stereocenters. The largest absolute Gasteiger partial charge is 0.465 e. The van der Waals surface area contributed by atoms with Crippen molar-refractivity contribution in [1.29, 1.82) is 0 Å². The standard InChI is InChI=1S/C14H14N4O5/c1-3-15-12-11(18(20)21)13(17-8-16-12)23-10-6-4-9(5-7-10)14(19)22-2/h4-8H,3H2,1-2H3,(H,15,16,17). The number of carbonyl (C=O) groups is 1. The summed E-state index contributed by atoms with van der Waals surface area (Å²) in [5, 5.41) is 14.0. The normalized spacial score (nSPS) is 10.0. The molecule has 0 bridgehead atoms. The number of hydrogen-bond acceptors (Lipinski definition) is 8. The third-order valence-corrected chi connectivity index (χ3v) is 2.81. The average Bonchev–Trinajstić information content (AvgIpc) is 2.55. The fourth-order valence-corrected chi connectivity index (χ4v) is 1.79. The van der Waals surface area contributed by atoms with Crippen molar-refractivity contribution in [3.63, 3.8) is 0 Å². The van der Waals surface area contributed by atoms with E-state index in [-0.39, 0.29) is 17.4 Å². The molecule has 0 spiro atoms. The predicted molar refractivity (Wildman–Crippen MR) is 80.7 cm³/mol. The maximum atomic E-state index is 11.4. The third-order valence-electron chi connectivity index (χ3n) is 2.81. The Labute approximate surface area is 131 Å². The highest BCUT2D eigenvalue weighted by atomic mass is 16.6. The Morgan fingerprint density at radius 2 is 2.00 bits per heavy atom. The molecule has 2 aromatic rings. The highest BCUT2D eigenvalue weighted by Gasteiger charge is 2.24. The van der Waals surface area contributed by atoms with Crippen LogP contribution in [0.15, 0.2) is 30.6 Å². The molecule has 1 aromatic heterocycles. The first-order valence-corrected chi connectivity index (χ1v) is 6.66. The lowest BCUT2D eigenvalue weighted by molar-refractivity contribution is -0.385. The van der Waals surface area contributed by atoms with E-state index in [9.17, 15) is 14.9 Å². The van der Waals surface area contributed by atoms with Crippen molar-refractivity contribution in [2.24, 2.45) is 0 Å². The molecule has 1 aromatic carbocycles. The van der Waals surface area contributed by atoms with Crippen molar-refractivity contribution in [3.05, 3.63) is 46.3 Å². The number of ether oxygens (including phenoxy) is 2. The number of benzene rings is 1. The number of anilines is 1. The Balaban J connectivity index is 2.31. The second-order valence-corrected chi connectivity index (χ2v) is 4.28. The number of esters is 1. The monoisotopic (exact) mass is 318 g/mol. The van der Waals surface area contributed by atoms with Crippen LogP contribution in [-0.2, 0) is 4.74 Å². The first-order chi connectivity index (χ1) is 11.1. The first-order valence-electron chi connectivity index (χ1n) is 6.66. The minimum atomic E-state index is -0.615. The molecule has 1 heterocycles. The summed E-state index contributed by atoms with van der Waals surface area (Å²) < 4.78 is 10.0. The smallest absolute Gasteiger partial charge is 0.373 e. The number of rotatable bonds is 6. The molecule has 0 unspecified atom stereocenters. The predicted octanol–water partition coefficient (Wildman–Crippen LogP) is 2.40. The van der Waals surface area contributed by atoms with E-state index in [2.05, 4.69) is 20.0 Å². The van der Waals surface area contributed by atoms with Gasteiger partial charge in [-0.05, 0) is 31.2 Å². The summed E-state index contributed by atoms with van der Waals surface area (Å²) in [7, 11) is 1.28. The van der Waals surface area contributed by atoms with E-state index in [0.29, 0.717) is 17.9 Å². The first kappa shape index (κ1) is 16.1. The van der Waals surface area contributed by atoms with Gasteiger partial charge in [0.05, 0.1) is 17.6 Å². The Bertz CT molecular complexity index is 718. The molecule has 23 heavy (non-hydrogen) atoms. The Hall–Kier alpha value is -3.23. The van der Waals surface area contributed by atoms with Gasteiger partial charge in [-0.3, -0.25) is 10.1 Å². The van der Waals surface area contributed by atoms with Gasteiger partial charge < -0.3 is 14.8 Å². The van der Waals surface area contributed by atoms with Crippen LogP contribution in [0.2, 0.25) is 0 Å². The van der Waals surface area contributed by atoms with Crippen LogP contribution < -0.4 is 10.1 Å². The average molecular weight is 318 g/mol. The number of nitrogens with zero attached hydrogens (tertiary/aromatic N) is 3. The van der Waals surface area contributed by atoms with Gasteiger partial charge in [0.25, 0.3) is 0 Å². The molecule has 9 nitrogen and oxygen atoms in total. The van der Waals surface area contributed by atoms with Crippen LogP contribution in [0.5, 0.6) is 11.6 Å². The zero-order valence-corrected chi connectivity index (χ0v) is 12.5. The van der Waals surface area contributed by atoms with E-state index < -0.39 is 10.9 Å². The van der Waals surface area contributed by atoms with Crippen molar-refractivity contribution in [3.8, 4) is 11.6 Å². The molecule has 9 heteroatoms. The van der Waals surface area contributed by atoms with Crippen LogP contribution in [0.4, 0.5) is 11.5 Å². The fourth-order valence-electron chi connectivity index (χ4n) is 1.79. The van der Waals surface area contributed by atoms with E-state index in [4.69, 9.17) is 4.74 Å². The lowest BCUT2D eigenvalue weighted by Crippen LogP contribution is -2.06. The van der Waals surface area contributed by atoms with Crippen LogP contribution in [-0.4, -0.2) is 34.5 Å². The molecule has 120 valence electrons. The number of carbonyl (C=O) groups excluding carboxylic acids is 1. The molecular formula is C14H14N4O5. The summed E-state index contributed by atoms with van der Waals surface area (Å²) in [6, 6.07) is 5.95. The van der Waals surface area contributed by atoms with E-state index in [1.165, 1.54) is 37.7 Å². The Morgan fingerprint density at radius 1 is 1.30 bits per heavy atom. The Kier molecular flexibility index (Phi) is 5.03. The van der Waals surface area contributed by atoms with Crippen molar-refractivity contribution in [2.75, 3.05) is 19.0 Å². The summed E-state index contributed by atoms with van der Waals surface area (Å²) in [6.07, 6.45) is 1.17. The highest BCUT2D eigenvalue weighted by molar-refractivity contribution is 5.89. The molecule has 0 saturated heterocycles. The number of hydrogen-bond donors (Lipinski definition) is 1. The molecule has 2 rings (SSSR count). The number of nitro groups is 1. The van der Waals surface area contributed by atoms with Crippen LogP contribution in [0, 0.1) is 10.1 Å². The van der Waals surface area contributed by atoms with Gasteiger partial charge in [0.2, 0.25) is 5.82 Å². The highest BCUT2D eigenvalue weighted by Crippen LogP contribution is 2.33. The molecule has 0 saturated carbocycles. The van der Waals surface area contributed by atoms with Crippen molar-refractivity contribution in [1.82, 2.24) is 9.97 Å². The maximum absolute atomic E-state index is 11.4. The molecule has 1 N–H and O–H groups in total. The van der Waals surface area contributed by atoms with Crippen LogP contribution in [0.3, 0.4) is 0 Å². The zero-order valence-electron chi connectivity index (χ0n) is 12.5. The summed E-state index contributed by atoms with van der Waals surface area (Å²) in [4.78, 5) is 29.6. The number of methoxy groups -OCH3 is 1. The molecule has 0 aliphatic heterocycles. The van der Waals surface area contributed by atoms with Gasteiger partial charge >= 0.3 is 17.5 Å². The molecule has 0 fully saturated rings. The second-order valence-electron chi connectivity index (χ2n) is 4.28.